The van der Waals surface area contributed by atoms with Gasteiger partial charge in [-0.25, -0.2) is 9.78 Å². The lowest BCUT2D eigenvalue weighted by molar-refractivity contribution is -0.142. The number of benzene rings is 2. The molecule has 3 aromatic rings. The van der Waals surface area contributed by atoms with E-state index in [0.717, 1.165) is 68.1 Å². The maximum absolute atomic E-state index is 13.3. The first-order valence-electron chi connectivity index (χ1n) is 19.7. The van der Waals surface area contributed by atoms with Crippen LogP contribution >= 0.6 is 0 Å². The number of carbonyl (C=O) groups excluding carboxylic acids is 1. The fourth-order valence-electron chi connectivity index (χ4n) is 9.01. The van der Waals surface area contributed by atoms with Crippen molar-refractivity contribution >= 4 is 12.1 Å². The van der Waals surface area contributed by atoms with Gasteiger partial charge in [-0.05, 0) is 121 Å². The zero-order chi connectivity index (χ0) is 36.0. The largest absolute Gasteiger partial charge is 0.481 e. The van der Waals surface area contributed by atoms with Gasteiger partial charge in [0.15, 0.2) is 0 Å². The number of amides is 1. The van der Waals surface area contributed by atoms with Crippen LogP contribution < -0.4 is 5.32 Å². The van der Waals surface area contributed by atoms with E-state index in [-0.39, 0.29) is 18.0 Å². The summed E-state index contributed by atoms with van der Waals surface area (Å²) in [4.78, 5) is 33.5. The molecule has 2 aromatic carbocycles. The van der Waals surface area contributed by atoms with Crippen molar-refractivity contribution in [3.8, 4) is 5.69 Å². The Morgan fingerprint density at radius 1 is 0.980 bits per heavy atom. The van der Waals surface area contributed by atoms with Gasteiger partial charge in [0.05, 0.1) is 17.9 Å². The first-order valence-corrected chi connectivity index (χ1v) is 19.7. The number of likely N-dealkylation sites (tertiary alicyclic amines) is 1. The summed E-state index contributed by atoms with van der Waals surface area (Å²) in [5.74, 6) is -0.610. The van der Waals surface area contributed by atoms with Gasteiger partial charge in [0.1, 0.15) is 5.60 Å². The predicted octanol–water partition coefficient (Wildman–Crippen LogP) is 8.67. The van der Waals surface area contributed by atoms with Gasteiger partial charge in [0.2, 0.25) is 0 Å². The topological polar surface area (TPSA) is 96.7 Å². The Hall–Kier alpha value is -3.65. The summed E-state index contributed by atoms with van der Waals surface area (Å²) in [5.41, 5.74) is 6.45. The molecule has 276 valence electrons. The summed E-state index contributed by atoms with van der Waals surface area (Å²) in [6, 6.07) is 17.1. The van der Waals surface area contributed by atoms with Crippen LogP contribution in [0.15, 0.2) is 54.9 Å². The van der Waals surface area contributed by atoms with E-state index in [1.807, 2.05) is 45.3 Å². The second-order valence-electron chi connectivity index (χ2n) is 16.5. The van der Waals surface area contributed by atoms with Crippen LogP contribution in [-0.2, 0) is 35.2 Å². The third-order valence-electron chi connectivity index (χ3n) is 11.7. The molecule has 2 aliphatic heterocycles. The summed E-state index contributed by atoms with van der Waals surface area (Å²) in [7, 11) is 0. The molecule has 3 unspecified atom stereocenters. The first-order chi connectivity index (χ1) is 24.6. The molecule has 0 bridgehead atoms. The van der Waals surface area contributed by atoms with Crippen LogP contribution in [0.2, 0.25) is 0 Å². The average molecular weight is 697 g/mol. The highest BCUT2D eigenvalue weighted by Gasteiger charge is 2.36. The molecule has 0 spiro atoms. The van der Waals surface area contributed by atoms with Crippen LogP contribution in [0.4, 0.5) is 4.79 Å². The third kappa shape index (κ3) is 9.62. The van der Waals surface area contributed by atoms with Crippen LogP contribution in [0.25, 0.3) is 5.69 Å². The summed E-state index contributed by atoms with van der Waals surface area (Å²) < 4.78 is 7.93. The molecule has 3 aliphatic rings. The number of ether oxygens (including phenoxy) is 1. The molecular weight excluding hydrogens is 636 g/mol. The Bertz CT molecular complexity index is 1600. The Morgan fingerprint density at radius 2 is 1.73 bits per heavy atom. The Labute approximate surface area is 305 Å². The smallest absolute Gasteiger partial charge is 0.407 e. The Kier molecular flexibility index (Phi) is 12.2. The number of hydrogen-bond donors (Lipinski definition) is 2. The molecule has 3 heterocycles. The van der Waals surface area contributed by atoms with E-state index in [4.69, 9.17) is 9.72 Å². The number of carboxylic acid groups (broad SMARTS) is 1. The lowest BCUT2D eigenvalue weighted by Gasteiger charge is -2.38. The van der Waals surface area contributed by atoms with Crippen molar-refractivity contribution in [2.75, 3.05) is 13.1 Å². The standard InChI is InChI=1S/C43H60N4O4/c1-30(46-25-11-12-26-46)40(33-15-9-6-10-16-33)36(45-42(50)51-43(2,3)4)22-20-35(41(48)49)28-37-39-24-21-34-27-32(18-17-31-13-7-5-8-14-31)19-23-38(34)47(39)29-44-37/h6,9-10,15-16,19,23,27,29-31,35-36,40H,5,7-8,11-14,17-18,20-22,24-26,28H2,1-4H3,(H,45,50)(H,48,49)/t30?,35-,36?,40?/m0/s1. The molecule has 2 N–H and O–H groups in total. The number of rotatable bonds is 14. The summed E-state index contributed by atoms with van der Waals surface area (Å²) >= 11 is 0. The van der Waals surface area contributed by atoms with Gasteiger partial charge in [-0.2, -0.15) is 0 Å². The molecule has 1 aliphatic carbocycles. The molecule has 4 atom stereocenters. The normalized spacial score (nSPS) is 19.1. The van der Waals surface area contributed by atoms with Gasteiger partial charge in [-0.1, -0.05) is 74.6 Å². The van der Waals surface area contributed by atoms with Crippen molar-refractivity contribution in [3.63, 3.8) is 0 Å². The number of nitrogens with zero attached hydrogens (tertiary/aromatic N) is 3. The first kappa shape index (κ1) is 37.1. The quantitative estimate of drug-likeness (QED) is 0.175. The number of fused-ring (bicyclic) bond motifs is 3. The summed E-state index contributed by atoms with van der Waals surface area (Å²) in [6.07, 6.45) is 16.2. The minimum Gasteiger partial charge on any atom is -0.481 e. The highest BCUT2D eigenvalue weighted by molar-refractivity contribution is 5.70. The zero-order valence-electron chi connectivity index (χ0n) is 31.4. The van der Waals surface area contributed by atoms with Crippen molar-refractivity contribution in [1.82, 2.24) is 19.8 Å². The lowest BCUT2D eigenvalue weighted by Crippen LogP contribution is -2.49. The van der Waals surface area contributed by atoms with Crippen molar-refractivity contribution < 1.29 is 19.4 Å². The van der Waals surface area contributed by atoms with Gasteiger partial charge in [-0.3, -0.25) is 9.69 Å². The van der Waals surface area contributed by atoms with Crippen LogP contribution in [0.1, 0.15) is 126 Å². The lowest BCUT2D eigenvalue weighted by atomic mass is 9.81. The number of aliphatic carboxylic acids is 1. The molecule has 8 nitrogen and oxygen atoms in total. The Morgan fingerprint density at radius 3 is 2.43 bits per heavy atom. The predicted molar refractivity (Wildman–Crippen MR) is 203 cm³/mol. The van der Waals surface area contributed by atoms with E-state index >= 15 is 0 Å². The van der Waals surface area contributed by atoms with Gasteiger partial charge < -0.3 is 19.7 Å². The van der Waals surface area contributed by atoms with Crippen molar-refractivity contribution in [2.24, 2.45) is 11.8 Å². The van der Waals surface area contributed by atoms with Crippen molar-refractivity contribution in [2.45, 2.75) is 141 Å². The third-order valence-corrected chi connectivity index (χ3v) is 11.7. The molecule has 2 fully saturated rings. The maximum atomic E-state index is 13.3. The van der Waals surface area contributed by atoms with E-state index in [0.29, 0.717) is 19.3 Å². The summed E-state index contributed by atoms with van der Waals surface area (Å²) in [5, 5.41) is 13.8. The van der Waals surface area contributed by atoms with E-state index < -0.39 is 23.6 Å². The fourth-order valence-corrected chi connectivity index (χ4v) is 9.01. The highest BCUT2D eigenvalue weighted by Crippen LogP contribution is 2.34. The van der Waals surface area contributed by atoms with E-state index in [1.54, 1.807) is 0 Å². The number of nitrogens with one attached hydrogen (secondary N) is 1. The minimum absolute atomic E-state index is 0.0318. The van der Waals surface area contributed by atoms with Gasteiger partial charge in [-0.15, -0.1) is 0 Å². The highest BCUT2D eigenvalue weighted by atomic mass is 16.6. The minimum atomic E-state index is -0.824. The second kappa shape index (κ2) is 16.8. The van der Waals surface area contributed by atoms with Crippen LogP contribution in [-0.4, -0.2) is 62.4 Å². The Balaban J connectivity index is 1.18. The fraction of sp³-hybridized carbons (Fsp3) is 0.605. The number of imidazole rings is 1. The van der Waals surface area contributed by atoms with Gasteiger partial charge in [0, 0.05) is 35.8 Å². The number of aryl methyl sites for hydroxylation is 2. The molecule has 1 saturated carbocycles. The number of alkyl carbamates (subject to hydrolysis) is 1. The molecule has 6 rings (SSSR count). The SMILES string of the molecule is CC(C(c1ccccc1)C(CC[C@@H](Cc1ncn2c1CCc1cc(CCC3CCCCC3)ccc1-2)C(=O)O)NC(=O)OC(C)(C)C)N1CCCC1. The van der Waals surface area contributed by atoms with E-state index in [9.17, 15) is 14.7 Å². The van der Waals surface area contributed by atoms with Crippen molar-refractivity contribution in [1.29, 1.82) is 0 Å². The van der Waals surface area contributed by atoms with Crippen LogP contribution in [0.3, 0.4) is 0 Å². The molecule has 1 saturated heterocycles. The number of carboxylic acids is 1. The van der Waals surface area contributed by atoms with Gasteiger partial charge >= 0.3 is 12.1 Å². The van der Waals surface area contributed by atoms with E-state index in [2.05, 4.69) is 52.0 Å². The summed E-state index contributed by atoms with van der Waals surface area (Å²) in [6.45, 7) is 9.89. The zero-order valence-corrected chi connectivity index (χ0v) is 31.4. The van der Waals surface area contributed by atoms with Gasteiger partial charge in [0.25, 0.3) is 0 Å². The number of carbonyl (C=O) groups is 2. The average Bonchev–Trinajstić information content (AvgIpc) is 3.80. The molecular formula is C43H60N4O4. The molecule has 1 aromatic heterocycles. The number of aromatic nitrogens is 2. The molecule has 51 heavy (non-hydrogen) atoms. The molecule has 1 amide bonds. The molecule has 8 heteroatoms. The van der Waals surface area contributed by atoms with Crippen LogP contribution in [0.5, 0.6) is 0 Å². The van der Waals surface area contributed by atoms with Crippen molar-refractivity contribution in [3.05, 3.63) is 82.9 Å². The molecule has 0 radical (unpaired) electrons. The number of hydrogen-bond acceptors (Lipinski definition) is 5. The van der Waals surface area contributed by atoms with E-state index in [1.165, 1.54) is 55.3 Å². The monoisotopic (exact) mass is 696 g/mol. The second-order valence-corrected chi connectivity index (χ2v) is 16.5. The van der Waals surface area contributed by atoms with Crippen LogP contribution in [0, 0.1) is 11.8 Å². The maximum Gasteiger partial charge on any atom is 0.407 e.